The third-order valence-electron chi connectivity index (χ3n) is 6.15. The van der Waals surface area contributed by atoms with E-state index in [9.17, 15) is 4.79 Å². The van der Waals surface area contributed by atoms with E-state index in [0.717, 1.165) is 39.7 Å². The predicted molar refractivity (Wildman–Crippen MR) is 141 cm³/mol. The lowest BCUT2D eigenvalue weighted by atomic mass is 10.0. The first-order valence-corrected chi connectivity index (χ1v) is 11.8. The van der Waals surface area contributed by atoms with Crippen LogP contribution in [0.4, 0.5) is 0 Å². The largest absolute Gasteiger partial charge is 0.452 e. The first-order chi connectivity index (χ1) is 17.0. The van der Waals surface area contributed by atoms with Gasteiger partial charge in [0.25, 0.3) is 0 Å². The Hall–Kier alpha value is -3.74. The van der Waals surface area contributed by atoms with E-state index < -0.39 is 0 Å². The van der Waals surface area contributed by atoms with E-state index in [0.29, 0.717) is 30.8 Å². The topological polar surface area (TPSA) is 60.5 Å². The van der Waals surface area contributed by atoms with Gasteiger partial charge in [0.05, 0.1) is 0 Å². The van der Waals surface area contributed by atoms with Crippen LogP contribution in [-0.4, -0.2) is 42.3 Å². The Kier molecular flexibility index (Phi) is 6.49. The minimum Gasteiger partial charge on any atom is -0.452 e. The van der Waals surface area contributed by atoms with E-state index in [1.54, 1.807) is 11.7 Å². The fourth-order valence-corrected chi connectivity index (χ4v) is 4.53. The first-order valence-electron chi connectivity index (χ1n) is 11.8. The second-order valence-corrected chi connectivity index (χ2v) is 9.03. The van der Waals surface area contributed by atoms with E-state index >= 15 is 0 Å². The van der Waals surface area contributed by atoms with E-state index in [-0.39, 0.29) is 5.69 Å². The molecule has 0 N–H and O–H groups in total. The molecule has 0 saturated heterocycles. The summed E-state index contributed by atoms with van der Waals surface area (Å²) in [4.78, 5) is 19.8. The molecule has 35 heavy (non-hydrogen) atoms. The number of aromatic nitrogens is 2. The molecule has 6 nitrogen and oxygen atoms in total. The molecule has 0 aliphatic rings. The number of fused-ring (bicyclic) bond motifs is 3. The minimum absolute atomic E-state index is 0.284. The molecule has 0 atom stereocenters. The van der Waals surface area contributed by atoms with Gasteiger partial charge in [-0.1, -0.05) is 60.7 Å². The predicted octanol–water partition coefficient (Wildman–Crippen LogP) is 5.57. The summed E-state index contributed by atoms with van der Waals surface area (Å²) in [5.41, 5.74) is 6.74. The highest BCUT2D eigenvalue weighted by molar-refractivity contribution is 6.07. The number of aryl methyl sites for hydroxylation is 1. The van der Waals surface area contributed by atoms with Crippen LogP contribution in [0.1, 0.15) is 12.0 Å². The van der Waals surface area contributed by atoms with Gasteiger partial charge in [0.1, 0.15) is 16.8 Å². The molecule has 2 aromatic heterocycles. The number of benzene rings is 3. The van der Waals surface area contributed by atoms with Crippen LogP contribution in [0.15, 0.2) is 82.0 Å². The zero-order chi connectivity index (χ0) is 24.4. The van der Waals surface area contributed by atoms with Crippen LogP contribution >= 0.6 is 0 Å². The molecule has 0 saturated carbocycles. The molecule has 3 aromatic carbocycles. The van der Waals surface area contributed by atoms with Crippen LogP contribution in [0, 0.1) is 0 Å². The van der Waals surface area contributed by atoms with Crippen LogP contribution in [0.5, 0.6) is 0 Å². The minimum atomic E-state index is -0.284. The van der Waals surface area contributed by atoms with Crippen LogP contribution in [0.25, 0.3) is 44.5 Å². The van der Waals surface area contributed by atoms with Crippen molar-refractivity contribution < 1.29 is 9.15 Å². The van der Waals surface area contributed by atoms with Crippen LogP contribution < -0.4 is 5.69 Å². The summed E-state index contributed by atoms with van der Waals surface area (Å²) < 4.78 is 13.3. The van der Waals surface area contributed by atoms with Crippen molar-refractivity contribution in [2.45, 2.75) is 19.5 Å². The number of hydrogen-bond donors (Lipinski definition) is 0. The van der Waals surface area contributed by atoms with Crippen LogP contribution in [0.3, 0.4) is 0 Å². The van der Waals surface area contributed by atoms with Gasteiger partial charge in [-0.05, 0) is 49.3 Å². The molecule has 0 radical (unpaired) electrons. The van der Waals surface area contributed by atoms with Crippen molar-refractivity contribution in [2.24, 2.45) is 0 Å². The zero-order valence-corrected chi connectivity index (χ0v) is 20.3. The van der Waals surface area contributed by atoms with Gasteiger partial charge in [-0.3, -0.25) is 4.57 Å². The lowest BCUT2D eigenvalue weighted by Gasteiger charge is -2.11. The molecular weight excluding hydrogens is 438 g/mol. The number of rotatable bonds is 8. The van der Waals surface area contributed by atoms with E-state index in [4.69, 9.17) is 9.15 Å². The first kappa shape index (κ1) is 23.0. The van der Waals surface area contributed by atoms with Gasteiger partial charge in [0, 0.05) is 37.8 Å². The van der Waals surface area contributed by atoms with E-state index in [2.05, 4.69) is 60.4 Å². The molecule has 0 aliphatic carbocycles. The fraction of sp³-hybridized carbons (Fsp3) is 0.241. The van der Waals surface area contributed by atoms with Gasteiger partial charge in [0.2, 0.25) is 0 Å². The summed E-state index contributed by atoms with van der Waals surface area (Å²) in [6.45, 7) is 1.97. The summed E-state index contributed by atoms with van der Waals surface area (Å²) in [5, 5.41) is 0.906. The molecule has 0 amide bonds. The van der Waals surface area contributed by atoms with Crippen molar-refractivity contribution in [3.63, 3.8) is 0 Å². The normalized spacial score (nSPS) is 11.7. The standard InChI is InChI=1S/C29H29N3O3/c1-31(2)19-20-10-12-21(13-11-20)23-14-15-25-24(18-23)27-28(35-25)26(22-8-5-4-6-9-22)30-29(33)32(27)16-7-17-34-3/h4-6,8-15,18H,7,16-17,19H2,1-3H3. The van der Waals surface area contributed by atoms with E-state index in [1.807, 2.05) is 36.4 Å². The molecule has 0 bridgehead atoms. The number of ether oxygens (including phenoxy) is 1. The highest BCUT2D eigenvalue weighted by Gasteiger charge is 2.20. The summed E-state index contributed by atoms with van der Waals surface area (Å²) >= 11 is 0. The Morgan fingerprint density at radius 1 is 0.943 bits per heavy atom. The number of nitrogens with zero attached hydrogens (tertiary/aromatic N) is 3. The average molecular weight is 468 g/mol. The smallest absolute Gasteiger partial charge is 0.348 e. The Labute approximate surface area is 204 Å². The van der Waals surface area contributed by atoms with Crippen molar-refractivity contribution in [3.05, 3.63) is 88.8 Å². The zero-order valence-electron chi connectivity index (χ0n) is 20.3. The van der Waals surface area contributed by atoms with Gasteiger partial charge >= 0.3 is 5.69 Å². The Balaban J connectivity index is 1.69. The highest BCUT2D eigenvalue weighted by Crippen LogP contribution is 2.36. The Bertz CT molecular complexity index is 1520. The van der Waals surface area contributed by atoms with Crippen molar-refractivity contribution in [2.75, 3.05) is 27.8 Å². The van der Waals surface area contributed by atoms with Crippen molar-refractivity contribution in [3.8, 4) is 22.4 Å². The highest BCUT2D eigenvalue weighted by atomic mass is 16.5. The molecular formula is C29H29N3O3. The van der Waals surface area contributed by atoms with Gasteiger partial charge in [0.15, 0.2) is 5.58 Å². The Morgan fingerprint density at radius 2 is 1.69 bits per heavy atom. The third-order valence-corrected chi connectivity index (χ3v) is 6.15. The molecule has 6 heteroatoms. The van der Waals surface area contributed by atoms with Crippen LogP contribution in [-0.2, 0) is 17.8 Å². The Morgan fingerprint density at radius 3 is 2.40 bits per heavy atom. The summed E-state index contributed by atoms with van der Waals surface area (Å²) in [5.74, 6) is 0. The number of furan rings is 1. The summed E-state index contributed by atoms with van der Waals surface area (Å²) in [6.07, 6.45) is 0.706. The molecule has 178 valence electrons. The molecule has 2 heterocycles. The average Bonchev–Trinajstić information content (AvgIpc) is 3.24. The quantitative estimate of drug-likeness (QED) is 0.279. The maximum Gasteiger partial charge on any atom is 0.348 e. The van der Waals surface area contributed by atoms with E-state index in [1.165, 1.54) is 5.56 Å². The second kappa shape index (κ2) is 9.86. The second-order valence-electron chi connectivity index (χ2n) is 9.03. The fourth-order valence-electron chi connectivity index (χ4n) is 4.53. The van der Waals surface area contributed by atoms with Crippen molar-refractivity contribution >= 4 is 22.1 Å². The van der Waals surface area contributed by atoms with Gasteiger partial charge in [-0.25, -0.2) is 4.79 Å². The third kappa shape index (κ3) is 4.63. The maximum atomic E-state index is 13.2. The van der Waals surface area contributed by atoms with Crippen molar-refractivity contribution in [1.82, 2.24) is 14.5 Å². The number of methoxy groups -OCH3 is 1. The lowest BCUT2D eigenvalue weighted by molar-refractivity contribution is 0.190. The molecule has 5 rings (SSSR count). The molecule has 0 spiro atoms. The van der Waals surface area contributed by atoms with Crippen molar-refractivity contribution in [1.29, 1.82) is 0 Å². The van der Waals surface area contributed by atoms with Gasteiger partial charge < -0.3 is 14.1 Å². The molecule has 5 aromatic rings. The molecule has 0 unspecified atom stereocenters. The van der Waals surface area contributed by atoms with Gasteiger partial charge in [-0.15, -0.1) is 0 Å². The SMILES string of the molecule is COCCCn1c(=O)nc(-c2ccccc2)c2oc3ccc(-c4ccc(CN(C)C)cc4)cc3c21. The molecule has 0 fully saturated rings. The summed E-state index contributed by atoms with van der Waals surface area (Å²) in [7, 11) is 5.80. The lowest BCUT2D eigenvalue weighted by Crippen LogP contribution is -2.24. The van der Waals surface area contributed by atoms with Gasteiger partial charge in [-0.2, -0.15) is 4.98 Å². The maximum absolute atomic E-state index is 13.2. The number of hydrogen-bond acceptors (Lipinski definition) is 5. The summed E-state index contributed by atoms with van der Waals surface area (Å²) in [6, 6.07) is 24.5. The monoisotopic (exact) mass is 467 g/mol. The van der Waals surface area contributed by atoms with Crippen LogP contribution in [0.2, 0.25) is 0 Å². The molecule has 0 aliphatic heterocycles.